The molecule has 0 atom stereocenters. The van der Waals surface area contributed by atoms with Crippen LogP contribution in [-0.4, -0.2) is 24.2 Å². The zero-order valence-electron chi connectivity index (χ0n) is 11.8. The molecule has 1 saturated heterocycles. The van der Waals surface area contributed by atoms with Crippen molar-refractivity contribution >= 4 is 23.2 Å². The van der Waals surface area contributed by atoms with E-state index < -0.39 is 0 Å². The van der Waals surface area contributed by atoms with Crippen LogP contribution in [0.1, 0.15) is 25.3 Å². The van der Waals surface area contributed by atoms with Crippen molar-refractivity contribution in [2.75, 3.05) is 13.1 Å². The lowest BCUT2D eigenvalue weighted by atomic mass is 10.0. The van der Waals surface area contributed by atoms with E-state index in [1.165, 1.54) is 16.3 Å². The summed E-state index contributed by atoms with van der Waals surface area (Å²) in [6, 6.07) is 6.42. The third kappa shape index (κ3) is 3.22. The molecule has 108 valence electrons. The second-order valence-electron chi connectivity index (χ2n) is 5.10. The molecular formula is C16H21ClN2O. The molecule has 1 aliphatic rings. The van der Waals surface area contributed by atoms with Crippen molar-refractivity contribution in [3.05, 3.63) is 36.2 Å². The standard InChI is InChI=1S/C16H20N2O.ClH/c1-2-12-9-14-11-18-6-3-13(14)10-16(12)19-15-4-7-17-8-5-15;/h3,6,9-11,15,17H,2,4-5,7-8H2,1H3;1H. The number of ether oxygens (including phenoxy) is 1. The van der Waals surface area contributed by atoms with Crippen LogP contribution >= 0.6 is 12.4 Å². The predicted molar refractivity (Wildman–Crippen MR) is 84.9 cm³/mol. The van der Waals surface area contributed by atoms with Crippen LogP contribution in [0.5, 0.6) is 5.75 Å². The van der Waals surface area contributed by atoms with Gasteiger partial charge in [-0.3, -0.25) is 4.98 Å². The van der Waals surface area contributed by atoms with Gasteiger partial charge in [0.2, 0.25) is 0 Å². The zero-order valence-corrected chi connectivity index (χ0v) is 12.6. The second-order valence-corrected chi connectivity index (χ2v) is 5.10. The first-order valence-corrected chi connectivity index (χ1v) is 7.11. The Labute approximate surface area is 126 Å². The van der Waals surface area contributed by atoms with Crippen LogP contribution in [0, 0.1) is 0 Å². The number of benzene rings is 1. The van der Waals surface area contributed by atoms with Gasteiger partial charge in [0.1, 0.15) is 11.9 Å². The highest BCUT2D eigenvalue weighted by molar-refractivity contribution is 5.85. The summed E-state index contributed by atoms with van der Waals surface area (Å²) in [4.78, 5) is 4.18. The van der Waals surface area contributed by atoms with Gasteiger partial charge in [-0.2, -0.15) is 0 Å². The Kier molecular flexibility index (Phi) is 5.21. The maximum atomic E-state index is 6.23. The van der Waals surface area contributed by atoms with Gasteiger partial charge in [0.15, 0.2) is 0 Å². The summed E-state index contributed by atoms with van der Waals surface area (Å²) in [6.45, 7) is 4.29. The number of rotatable bonds is 3. The number of hydrogen-bond acceptors (Lipinski definition) is 3. The van der Waals surface area contributed by atoms with E-state index in [-0.39, 0.29) is 12.4 Å². The summed E-state index contributed by atoms with van der Waals surface area (Å²) in [6.07, 6.45) is 7.29. The molecule has 2 aromatic rings. The van der Waals surface area contributed by atoms with Crippen LogP contribution < -0.4 is 10.1 Å². The lowest BCUT2D eigenvalue weighted by Crippen LogP contribution is -2.34. The molecule has 20 heavy (non-hydrogen) atoms. The van der Waals surface area contributed by atoms with Crippen LogP contribution in [-0.2, 0) is 6.42 Å². The van der Waals surface area contributed by atoms with Gasteiger partial charge in [-0.1, -0.05) is 6.92 Å². The van der Waals surface area contributed by atoms with Crippen molar-refractivity contribution in [3.8, 4) is 5.75 Å². The predicted octanol–water partition coefficient (Wildman–Crippen LogP) is 3.35. The smallest absolute Gasteiger partial charge is 0.123 e. The van der Waals surface area contributed by atoms with E-state index in [0.29, 0.717) is 6.10 Å². The Hall–Kier alpha value is -1.32. The van der Waals surface area contributed by atoms with Crippen LogP contribution in [0.25, 0.3) is 10.8 Å². The van der Waals surface area contributed by atoms with Crippen molar-refractivity contribution in [1.29, 1.82) is 0 Å². The molecule has 0 spiro atoms. The largest absolute Gasteiger partial charge is 0.490 e. The molecule has 1 N–H and O–H groups in total. The number of nitrogens with zero attached hydrogens (tertiary/aromatic N) is 1. The molecule has 1 aliphatic heterocycles. The Morgan fingerprint density at radius 2 is 2.05 bits per heavy atom. The van der Waals surface area contributed by atoms with Crippen molar-refractivity contribution in [1.82, 2.24) is 10.3 Å². The van der Waals surface area contributed by atoms with Crippen LogP contribution in [0.4, 0.5) is 0 Å². The van der Waals surface area contributed by atoms with Gasteiger partial charge >= 0.3 is 0 Å². The topological polar surface area (TPSA) is 34.1 Å². The van der Waals surface area contributed by atoms with Gasteiger partial charge in [0, 0.05) is 17.8 Å². The van der Waals surface area contributed by atoms with Crippen molar-refractivity contribution in [2.45, 2.75) is 32.3 Å². The first-order valence-electron chi connectivity index (χ1n) is 7.11. The number of aryl methyl sites for hydroxylation is 1. The number of hydrogen-bond donors (Lipinski definition) is 1. The number of nitrogens with one attached hydrogen (secondary N) is 1. The molecule has 3 rings (SSSR count). The maximum Gasteiger partial charge on any atom is 0.123 e. The summed E-state index contributed by atoms with van der Waals surface area (Å²) < 4.78 is 6.23. The molecule has 0 radical (unpaired) electrons. The van der Waals surface area contributed by atoms with E-state index in [1.54, 1.807) is 0 Å². The van der Waals surface area contributed by atoms with Crippen LogP contribution in [0.15, 0.2) is 30.6 Å². The van der Waals surface area contributed by atoms with Gasteiger partial charge in [-0.05, 0) is 61.5 Å². The van der Waals surface area contributed by atoms with Crippen molar-refractivity contribution < 1.29 is 4.74 Å². The zero-order chi connectivity index (χ0) is 13.1. The van der Waals surface area contributed by atoms with E-state index >= 15 is 0 Å². The van der Waals surface area contributed by atoms with Gasteiger partial charge in [0.05, 0.1) is 0 Å². The van der Waals surface area contributed by atoms with Gasteiger partial charge in [-0.15, -0.1) is 12.4 Å². The minimum Gasteiger partial charge on any atom is -0.490 e. The maximum absolute atomic E-state index is 6.23. The highest BCUT2D eigenvalue weighted by Gasteiger charge is 2.16. The third-order valence-corrected chi connectivity index (χ3v) is 3.78. The Balaban J connectivity index is 0.00000147. The molecule has 0 aliphatic carbocycles. The quantitative estimate of drug-likeness (QED) is 0.942. The molecule has 0 unspecified atom stereocenters. The minimum atomic E-state index is 0. The molecule has 4 heteroatoms. The van der Waals surface area contributed by atoms with Crippen molar-refractivity contribution in [3.63, 3.8) is 0 Å². The number of halogens is 1. The fraction of sp³-hybridized carbons (Fsp3) is 0.438. The monoisotopic (exact) mass is 292 g/mol. The molecule has 2 heterocycles. The summed E-state index contributed by atoms with van der Waals surface area (Å²) in [5.74, 6) is 1.05. The number of fused-ring (bicyclic) bond motifs is 1. The summed E-state index contributed by atoms with van der Waals surface area (Å²) in [5, 5.41) is 5.77. The van der Waals surface area contributed by atoms with E-state index in [4.69, 9.17) is 4.74 Å². The highest BCUT2D eigenvalue weighted by Crippen LogP contribution is 2.28. The van der Waals surface area contributed by atoms with E-state index in [2.05, 4.69) is 29.4 Å². The lowest BCUT2D eigenvalue weighted by Gasteiger charge is -2.25. The molecule has 3 nitrogen and oxygen atoms in total. The Morgan fingerprint density at radius 1 is 1.25 bits per heavy atom. The van der Waals surface area contributed by atoms with Crippen LogP contribution in [0.3, 0.4) is 0 Å². The molecule has 0 saturated carbocycles. The number of pyridine rings is 1. The third-order valence-electron chi connectivity index (χ3n) is 3.78. The van der Waals surface area contributed by atoms with Gasteiger partial charge < -0.3 is 10.1 Å². The number of aromatic nitrogens is 1. The van der Waals surface area contributed by atoms with Crippen LogP contribution in [0.2, 0.25) is 0 Å². The van der Waals surface area contributed by atoms with Crippen molar-refractivity contribution in [2.24, 2.45) is 0 Å². The highest BCUT2D eigenvalue weighted by atomic mass is 35.5. The first-order chi connectivity index (χ1) is 9.36. The summed E-state index contributed by atoms with van der Waals surface area (Å²) >= 11 is 0. The fourth-order valence-electron chi connectivity index (χ4n) is 2.64. The molecule has 1 aromatic heterocycles. The van der Waals surface area contributed by atoms with E-state index in [1.807, 2.05) is 18.5 Å². The fourth-order valence-corrected chi connectivity index (χ4v) is 2.64. The molecule has 1 fully saturated rings. The lowest BCUT2D eigenvalue weighted by molar-refractivity contribution is 0.161. The van der Waals surface area contributed by atoms with E-state index in [9.17, 15) is 0 Å². The second kappa shape index (κ2) is 6.91. The molecule has 0 bridgehead atoms. The van der Waals surface area contributed by atoms with Gasteiger partial charge in [-0.25, -0.2) is 0 Å². The Morgan fingerprint density at radius 3 is 2.80 bits per heavy atom. The summed E-state index contributed by atoms with van der Waals surface area (Å²) in [7, 11) is 0. The average Bonchev–Trinajstić information content (AvgIpc) is 2.47. The van der Waals surface area contributed by atoms with Gasteiger partial charge in [0.25, 0.3) is 0 Å². The van der Waals surface area contributed by atoms with E-state index in [0.717, 1.165) is 38.1 Å². The first kappa shape index (κ1) is 15.1. The normalized spacial score (nSPS) is 15.8. The average molecular weight is 293 g/mol. The SMILES string of the molecule is CCc1cc2cnccc2cc1OC1CCNCC1.Cl. The Bertz CT molecular complexity index is 567. The molecule has 1 aromatic carbocycles. The molecule has 0 amide bonds. The molecular weight excluding hydrogens is 272 g/mol. The minimum absolute atomic E-state index is 0. The number of piperidine rings is 1. The summed E-state index contributed by atoms with van der Waals surface area (Å²) in [5.41, 5.74) is 1.28.